The highest BCUT2D eigenvalue weighted by Gasteiger charge is 2.30. The molecule has 2 aromatic heterocycles. The second-order valence-electron chi connectivity index (χ2n) is 9.36. The average Bonchev–Trinajstić information content (AvgIpc) is 3.29. The van der Waals surface area contributed by atoms with Crippen molar-refractivity contribution in [2.75, 3.05) is 22.9 Å². The Morgan fingerprint density at radius 2 is 1.84 bits per heavy atom. The van der Waals surface area contributed by atoms with E-state index < -0.39 is 29.2 Å². The molecule has 0 fully saturated rings. The van der Waals surface area contributed by atoms with Gasteiger partial charge in [0.05, 0.1) is 22.3 Å². The van der Waals surface area contributed by atoms with Crippen molar-refractivity contribution in [3.63, 3.8) is 0 Å². The zero-order valence-electron chi connectivity index (χ0n) is 24.6. The summed E-state index contributed by atoms with van der Waals surface area (Å²) in [5.41, 5.74) is 17.9. The van der Waals surface area contributed by atoms with Crippen LogP contribution in [0.25, 0.3) is 21.5 Å². The SMILES string of the molecule is C=C/C(=C\C=C(/C)NC(=O)Nc1cccc(-c2nc(NC(C)(CC)CN)nc3sc(C(N)=O)c(N)c23)c1)C(F)(F)F.CC. The number of amides is 3. The lowest BCUT2D eigenvalue weighted by Crippen LogP contribution is -2.42. The molecule has 0 saturated heterocycles. The first-order valence-corrected chi connectivity index (χ1v) is 14.2. The molecule has 3 amide bonds. The zero-order chi connectivity index (χ0) is 32.5. The highest BCUT2D eigenvalue weighted by atomic mass is 32.1. The van der Waals surface area contributed by atoms with E-state index in [2.05, 4.69) is 32.5 Å². The second-order valence-corrected chi connectivity index (χ2v) is 10.4. The van der Waals surface area contributed by atoms with Crippen molar-refractivity contribution in [3.05, 3.63) is 65.2 Å². The van der Waals surface area contributed by atoms with E-state index in [9.17, 15) is 22.8 Å². The highest BCUT2D eigenvalue weighted by Crippen LogP contribution is 2.39. The minimum atomic E-state index is -4.56. The van der Waals surface area contributed by atoms with Crippen LogP contribution < -0.4 is 33.2 Å². The van der Waals surface area contributed by atoms with Crippen LogP contribution in [0.2, 0.25) is 0 Å². The van der Waals surface area contributed by atoms with Gasteiger partial charge in [-0.15, -0.1) is 11.3 Å². The molecule has 1 unspecified atom stereocenters. The maximum absolute atomic E-state index is 12.9. The van der Waals surface area contributed by atoms with E-state index in [0.29, 0.717) is 46.2 Å². The Bertz CT molecular complexity index is 1540. The summed E-state index contributed by atoms with van der Waals surface area (Å²) in [7, 11) is 0. The summed E-state index contributed by atoms with van der Waals surface area (Å²) in [6, 6.07) is 5.98. The number of allylic oxidation sites excluding steroid dienone is 5. The quantitative estimate of drug-likeness (QED) is 0.144. The molecule has 0 aliphatic heterocycles. The van der Waals surface area contributed by atoms with Crippen LogP contribution >= 0.6 is 11.3 Å². The number of urea groups is 1. The Kier molecular flexibility index (Phi) is 11.8. The number of nitrogens with zero attached hydrogens (tertiary/aromatic N) is 2. The lowest BCUT2D eigenvalue weighted by atomic mass is 10.00. The van der Waals surface area contributed by atoms with Gasteiger partial charge in [-0.2, -0.15) is 13.2 Å². The number of alkyl halides is 3. The molecule has 0 aliphatic carbocycles. The number of carbonyl (C=O) groups excluding carboxylic acids is 2. The Labute approximate surface area is 252 Å². The number of aromatic nitrogens is 2. The van der Waals surface area contributed by atoms with Crippen molar-refractivity contribution in [1.82, 2.24) is 15.3 Å². The van der Waals surface area contributed by atoms with Gasteiger partial charge in [0, 0.05) is 29.0 Å². The molecule has 0 bridgehead atoms. The first kappa shape index (κ1) is 34.8. The largest absolute Gasteiger partial charge is 0.416 e. The van der Waals surface area contributed by atoms with Gasteiger partial charge in [-0.25, -0.2) is 14.8 Å². The van der Waals surface area contributed by atoms with E-state index in [1.165, 1.54) is 6.92 Å². The molecule has 3 rings (SSSR count). The van der Waals surface area contributed by atoms with E-state index in [1.54, 1.807) is 24.3 Å². The van der Waals surface area contributed by atoms with Crippen LogP contribution in [0.15, 0.2) is 60.3 Å². The molecule has 0 saturated carbocycles. The first-order valence-electron chi connectivity index (χ1n) is 13.4. The molecule has 43 heavy (non-hydrogen) atoms. The minimum Gasteiger partial charge on any atom is -0.397 e. The molecule has 10 nitrogen and oxygen atoms in total. The number of fused-ring (bicyclic) bond motifs is 1. The van der Waals surface area contributed by atoms with Gasteiger partial charge >= 0.3 is 12.2 Å². The van der Waals surface area contributed by atoms with Gasteiger partial charge in [-0.3, -0.25) is 4.79 Å². The monoisotopic (exact) mass is 618 g/mol. The first-order chi connectivity index (χ1) is 20.2. The summed E-state index contributed by atoms with van der Waals surface area (Å²) in [4.78, 5) is 34.4. The average molecular weight is 619 g/mol. The second kappa shape index (κ2) is 14.6. The molecule has 1 atom stereocenters. The summed E-state index contributed by atoms with van der Waals surface area (Å²) in [6.07, 6.45) is -1.26. The Hall–Kier alpha value is -4.43. The number of hydrogen-bond acceptors (Lipinski definition) is 8. The summed E-state index contributed by atoms with van der Waals surface area (Å²) in [5.74, 6) is -0.436. The number of benzene rings is 1. The topological polar surface area (TPSA) is 174 Å². The maximum atomic E-state index is 12.9. The van der Waals surface area contributed by atoms with Crippen LogP contribution in [0.3, 0.4) is 0 Å². The number of halogens is 3. The van der Waals surface area contributed by atoms with Crippen molar-refractivity contribution >= 4 is 50.8 Å². The number of carbonyl (C=O) groups is 2. The van der Waals surface area contributed by atoms with Crippen LogP contribution in [0.1, 0.15) is 50.7 Å². The lowest BCUT2D eigenvalue weighted by molar-refractivity contribution is -0.0881. The fraction of sp³-hybridized carbons (Fsp3) is 0.310. The van der Waals surface area contributed by atoms with Crippen LogP contribution in [0.4, 0.5) is 35.3 Å². The molecule has 232 valence electrons. The molecule has 3 aromatic rings. The lowest BCUT2D eigenvalue weighted by Gasteiger charge is -2.28. The third kappa shape index (κ3) is 8.78. The minimum absolute atomic E-state index is 0.138. The molecular formula is C29H37F3N8O2S. The number of nitrogens with two attached hydrogens (primary N) is 3. The predicted molar refractivity (Wildman–Crippen MR) is 169 cm³/mol. The normalized spacial score (nSPS) is 13.4. The Morgan fingerprint density at radius 1 is 1.16 bits per heavy atom. The van der Waals surface area contributed by atoms with Gasteiger partial charge in [0.1, 0.15) is 9.71 Å². The molecule has 14 heteroatoms. The zero-order valence-corrected chi connectivity index (χ0v) is 25.5. The van der Waals surface area contributed by atoms with Gasteiger partial charge in [-0.05, 0) is 44.6 Å². The van der Waals surface area contributed by atoms with Gasteiger partial charge in [0.2, 0.25) is 5.95 Å². The molecule has 0 radical (unpaired) electrons. The number of nitrogens with one attached hydrogen (secondary N) is 3. The van der Waals surface area contributed by atoms with Crippen molar-refractivity contribution < 1.29 is 22.8 Å². The Morgan fingerprint density at radius 3 is 2.40 bits per heavy atom. The van der Waals surface area contributed by atoms with Crippen molar-refractivity contribution in [3.8, 4) is 11.3 Å². The number of hydrogen-bond donors (Lipinski definition) is 6. The summed E-state index contributed by atoms with van der Waals surface area (Å²) in [5, 5.41) is 8.79. The molecule has 0 spiro atoms. The van der Waals surface area contributed by atoms with Gasteiger partial charge in [-0.1, -0.05) is 45.6 Å². The van der Waals surface area contributed by atoms with Crippen LogP contribution in [0, 0.1) is 0 Å². The van der Waals surface area contributed by atoms with E-state index in [4.69, 9.17) is 17.2 Å². The van der Waals surface area contributed by atoms with Gasteiger partial charge in [0.25, 0.3) is 5.91 Å². The van der Waals surface area contributed by atoms with Gasteiger partial charge < -0.3 is 33.2 Å². The predicted octanol–water partition coefficient (Wildman–Crippen LogP) is 6.30. The summed E-state index contributed by atoms with van der Waals surface area (Å²) in [6.45, 7) is 12.8. The van der Waals surface area contributed by atoms with Crippen molar-refractivity contribution in [1.29, 1.82) is 0 Å². The van der Waals surface area contributed by atoms with Crippen LogP contribution in [-0.2, 0) is 0 Å². The van der Waals surface area contributed by atoms with Gasteiger partial charge in [0.15, 0.2) is 0 Å². The standard InChI is InChI=1S/C27H31F3N8O2S.C2H6/c1-5-16(27(28,29)30)11-10-14(3)34-25(40)35-17-9-7-8-15(12-17)20-18-19(32)21(22(33)39)41-23(18)37-24(36-20)38-26(4,6-2)13-31;1-2/h5,7-12H,1,6,13,31-32H2,2-4H3,(H2,33,39)(H2,34,35,40)(H,36,37,38);1-2H3/b14-10+,16-11+;. The summed E-state index contributed by atoms with van der Waals surface area (Å²) < 4.78 is 38.7. The van der Waals surface area contributed by atoms with E-state index in [-0.39, 0.29) is 22.2 Å². The summed E-state index contributed by atoms with van der Waals surface area (Å²) >= 11 is 1.04. The smallest absolute Gasteiger partial charge is 0.397 e. The molecule has 0 aliphatic rings. The fourth-order valence-corrected chi connectivity index (χ4v) is 4.59. The number of rotatable bonds is 10. The molecular weight excluding hydrogens is 581 g/mol. The fourth-order valence-electron chi connectivity index (χ4n) is 3.64. The Balaban J connectivity index is 0.00000316. The molecule has 9 N–H and O–H groups in total. The highest BCUT2D eigenvalue weighted by molar-refractivity contribution is 7.21. The molecule has 2 heterocycles. The van der Waals surface area contributed by atoms with E-state index in [1.807, 2.05) is 27.7 Å². The third-order valence-electron chi connectivity index (χ3n) is 6.22. The molecule has 1 aromatic carbocycles. The number of anilines is 3. The number of primary amides is 1. The van der Waals surface area contributed by atoms with Crippen LogP contribution in [0.5, 0.6) is 0 Å². The van der Waals surface area contributed by atoms with E-state index in [0.717, 1.165) is 23.5 Å². The van der Waals surface area contributed by atoms with Crippen LogP contribution in [-0.4, -0.2) is 40.2 Å². The van der Waals surface area contributed by atoms with Crippen molar-refractivity contribution in [2.45, 2.75) is 52.8 Å². The van der Waals surface area contributed by atoms with Crippen molar-refractivity contribution in [2.24, 2.45) is 11.5 Å². The maximum Gasteiger partial charge on any atom is 0.416 e. The number of thiophene rings is 1. The number of nitrogen functional groups attached to an aromatic ring is 1. The van der Waals surface area contributed by atoms with E-state index >= 15 is 0 Å². The third-order valence-corrected chi connectivity index (χ3v) is 7.34.